The first-order valence-corrected chi connectivity index (χ1v) is 5.60. The molecule has 0 radical (unpaired) electrons. The lowest BCUT2D eigenvalue weighted by atomic mass is 10.1. The first kappa shape index (κ1) is 12.0. The molecule has 0 unspecified atom stereocenters. The second-order valence-corrected chi connectivity index (χ2v) is 3.88. The topological polar surface area (TPSA) is 66.9 Å². The summed E-state index contributed by atoms with van der Waals surface area (Å²) in [6.45, 7) is 2.50. The molecule has 2 amide bonds. The van der Waals surface area contributed by atoms with Crippen molar-refractivity contribution < 1.29 is 4.79 Å². The number of hydrogen-bond acceptors (Lipinski definition) is 3. The molecule has 0 aliphatic heterocycles. The van der Waals surface area contributed by atoms with Gasteiger partial charge in [-0.2, -0.15) is 0 Å². The molecule has 5 heteroatoms. The van der Waals surface area contributed by atoms with Gasteiger partial charge in [0.2, 0.25) is 0 Å². The molecule has 2 N–H and O–H groups in total. The van der Waals surface area contributed by atoms with E-state index in [1.54, 1.807) is 6.20 Å². The highest BCUT2D eigenvalue weighted by Gasteiger charge is 2.01. The van der Waals surface area contributed by atoms with Crippen LogP contribution < -0.4 is 10.6 Å². The zero-order chi connectivity index (χ0) is 12.8. The van der Waals surface area contributed by atoms with Crippen molar-refractivity contribution in [2.24, 2.45) is 0 Å². The molecule has 5 nitrogen and oxygen atoms in total. The molecule has 1 aromatic heterocycles. The number of carbonyl (C=O) groups is 1. The molecule has 0 atom stereocenters. The molecule has 92 valence electrons. The lowest BCUT2D eigenvalue weighted by Crippen LogP contribution is -2.28. The number of rotatable bonds is 3. The van der Waals surface area contributed by atoms with Crippen LogP contribution in [0.4, 0.5) is 10.6 Å². The quantitative estimate of drug-likeness (QED) is 0.866. The summed E-state index contributed by atoms with van der Waals surface area (Å²) < 4.78 is 0. The molecule has 0 bridgehead atoms. The summed E-state index contributed by atoms with van der Waals surface area (Å²) in [6.07, 6.45) is 4.57. The standard InChI is InChI=1S/C13H14N4O/c1-10-2-4-11(5-3-10)8-16-13(18)17-12-9-14-6-7-15-12/h2-7,9H,8H2,1H3,(H2,15,16,17,18). The highest BCUT2D eigenvalue weighted by atomic mass is 16.2. The van der Waals surface area contributed by atoms with Gasteiger partial charge in [-0.1, -0.05) is 29.8 Å². The van der Waals surface area contributed by atoms with Gasteiger partial charge in [0.05, 0.1) is 6.20 Å². The van der Waals surface area contributed by atoms with E-state index in [2.05, 4.69) is 20.6 Å². The van der Waals surface area contributed by atoms with Crippen LogP contribution in [-0.4, -0.2) is 16.0 Å². The number of amides is 2. The molecule has 1 aromatic carbocycles. The third kappa shape index (κ3) is 3.55. The highest BCUT2D eigenvalue weighted by molar-refractivity contribution is 5.87. The number of carbonyl (C=O) groups excluding carboxylic acids is 1. The number of aryl methyl sites for hydroxylation is 1. The third-order valence-corrected chi connectivity index (χ3v) is 2.38. The minimum atomic E-state index is -0.295. The van der Waals surface area contributed by atoms with E-state index >= 15 is 0 Å². The molecule has 1 heterocycles. The Hall–Kier alpha value is -2.43. The predicted octanol–water partition coefficient (Wildman–Crippen LogP) is 2.11. The molecular formula is C13H14N4O. The van der Waals surface area contributed by atoms with E-state index in [4.69, 9.17) is 0 Å². The van der Waals surface area contributed by atoms with Crippen molar-refractivity contribution in [3.05, 3.63) is 54.0 Å². The van der Waals surface area contributed by atoms with Crippen molar-refractivity contribution in [1.29, 1.82) is 0 Å². The Balaban J connectivity index is 1.83. The zero-order valence-electron chi connectivity index (χ0n) is 10.1. The van der Waals surface area contributed by atoms with Crippen LogP contribution in [0.25, 0.3) is 0 Å². The van der Waals surface area contributed by atoms with Gasteiger partial charge in [-0.25, -0.2) is 9.78 Å². The van der Waals surface area contributed by atoms with Crippen LogP contribution in [0.15, 0.2) is 42.9 Å². The Morgan fingerprint density at radius 1 is 1.22 bits per heavy atom. The first-order valence-electron chi connectivity index (χ1n) is 5.60. The Morgan fingerprint density at radius 3 is 2.67 bits per heavy atom. The fourth-order valence-electron chi connectivity index (χ4n) is 1.41. The van der Waals surface area contributed by atoms with Gasteiger partial charge in [0.1, 0.15) is 0 Å². The summed E-state index contributed by atoms with van der Waals surface area (Å²) in [4.78, 5) is 19.4. The normalized spacial score (nSPS) is 9.83. The first-order chi connectivity index (χ1) is 8.74. The van der Waals surface area contributed by atoms with Gasteiger partial charge in [-0.3, -0.25) is 10.3 Å². The van der Waals surface area contributed by atoms with E-state index in [1.807, 2.05) is 31.2 Å². The fraction of sp³-hybridized carbons (Fsp3) is 0.154. The number of nitrogens with zero attached hydrogens (tertiary/aromatic N) is 2. The number of nitrogens with one attached hydrogen (secondary N) is 2. The van der Waals surface area contributed by atoms with Crippen molar-refractivity contribution in [3.8, 4) is 0 Å². The van der Waals surface area contributed by atoms with Gasteiger partial charge in [0.25, 0.3) is 0 Å². The van der Waals surface area contributed by atoms with Gasteiger partial charge in [-0.15, -0.1) is 0 Å². The maximum absolute atomic E-state index is 11.6. The van der Waals surface area contributed by atoms with Crippen molar-refractivity contribution in [2.75, 3.05) is 5.32 Å². The van der Waals surface area contributed by atoms with E-state index in [1.165, 1.54) is 18.0 Å². The molecular weight excluding hydrogens is 228 g/mol. The molecule has 2 aromatic rings. The number of urea groups is 1. The minimum Gasteiger partial charge on any atom is -0.334 e. The van der Waals surface area contributed by atoms with Crippen LogP contribution in [0.2, 0.25) is 0 Å². The van der Waals surface area contributed by atoms with Gasteiger partial charge in [0, 0.05) is 18.9 Å². The van der Waals surface area contributed by atoms with Crippen LogP contribution in [0.5, 0.6) is 0 Å². The molecule has 18 heavy (non-hydrogen) atoms. The summed E-state index contributed by atoms with van der Waals surface area (Å²) in [5.74, 6) is 0.430. The Labute approximate surface area is 105 Å². The number of aromatic nitrogens is 2. The van der Waals surface area contributed by atoms with Gasteiger partial charge in [0.15, 0.2) is 5.82 Å². The zero-order valence-corrected chi connectivity index (χ0v) is 10.1. The van der Waals surface area contributed by atoms with Crippen LogP contribution in [-0.2, 0) is 6.54 Å². The van der Waals surface area contributed by atoms with E-state index in [-0.39, 0.29) is 6.03 Å². The third-order valence-electron chi connectivity index (χ3n) is 2.38. The summed E-state index contributed by atoms with van der Waals surface area (Å²) in [5.41, 5.74) is 2.25. The molecule has 0 saturated heterocycles. The molecule has 0 saturated carbocycles. The summed E-state index contributed by atoms with van der Waals surface area (Å²) in [7, 11) is 0. The predicted molar refractivity (Wildman–Crippen MR) is 69.1 cm³/mol. The van der Waals surface area contributed by atoms with Crippen LogP contribution in [0.1, 0.15) is 11.1 Å². The smallest absolute Gasteiger partial charge is 0.320 e. The van der Waals surface area contributed by atoms with Gasteiger partial charge < -0.3 is 5.32 Å². The molecule has 0 fully saturated rings. The maximum Gasteiger partial charge on any atom is 0.320 e. The molecule has 0 aliphatic rings. The fourth-order valence-corrected chi connectivity index (χ4v) is 1.41. The van der Waals surface area contributed by atoms with Crippen molar-refractivity contribution in [1.82, 2.24) is 15.3 Å². The van der Waals surface area contributed by atoms with Crippen LogP contribution in [0, 0.1) is 6.92 Å². The van der Waals surface area contributed by atoms with E-state index in [0.717, 1.165) is 5.56 Å². The van der Waals surface area contributed by atoms with Crippen molar-refractivity contribution in [2.45, 2.75) is 13.5 Å². The van der Waals surface area contributed by atoms with Gasteiger partial charge in [-0.05, 0) is 12.5 Å². The molecule has 0 aliphatic carbocycles. The van der Waals surface area contributed by atoms with Crippen molar-refractivity contribution >= 4 is 11.8 Å². The van der Waals surface area contributed by atoms with E-state index < -0.39 is 0 Å². The molecule has 0 spiro atoms. The Bertz CT molecular complexity index is 510. The summed E-state index contributed by atoms with van der Waals surface area (Å²) in [6, 6.07) is 7.70. The average molecular weight is 242 g/mol. The number of hydrogen-bond donors (Lipinski definition) is 2. The largest absolute Gasteiger partial charge is 0.334 e. The SMILES string of the molecule is Cc1ccc(CNC(=O)Nc2cnccn2)cc1. The second-order valence-electron chi connectivity index (χ2n) is 3.88. The molecule has 2 rings (SSSR count). The highest BCUT2D eigenvalue weighted by Crippen LogP contribution is 2.03. The van der Waals surface area contributed by atoms with Crippen LogP contribution >= 0.6 is 0 Å². The maximum atomic E-state index is 11.6. The number of benzene rings is 1. The lowest BCUT2D eigenvalue weighted by Gasteiger charge is -2.06. The Morgan fingerprint density at radius 2 is 2.00 bits per heavy atom. The van der Waals surface area contributed by atoms with Crippen LogP contribution in [0.3, 0.4) is 0 Å². The second kappa shape index (κ2) is 5.77. The van der Waals surface area contributed by atoms with Crippen molar-refractivity contribution in [3.63, 3.8) is 0 Å². The summed E-state index contributed by atoms with van der Waals surface area (Å²) >= 11 is 0. The average Bonchev–Trinajstić information content (AvgIpc) is 2.39. The Kier molecular flexibility index (Phi) is 3.86. The summed E-state index contributed by atoms with van der Waals surface area (Å²) in [5, 5.41) is 5.35. The lowest BCUT2D eigenvalue weighted by molar-refractivity contribution is 0.251. The van der Waals surface area contributed by atoms with Gasteiger partial charge >= 0.3 is 6.03 Å². The van der Waals surface area contributed by atoms with E-state index in [0.29, 0.717) is 12.4 Å². The monoisotopic (exact) mass is 242 g/mol. The number of anilines is 1. The van der Waals surface area contributed by atoms with E-state index in [9.17, 15) is 4.79 Å². The minimum absolute atomic E-state index is 0.295.